The summed E-state index contributed by atoms with van der Waals surface area (Å²) >= 11 is 0. The third kappa shape index (κ3) is 6.11. The number of nitrogens with one attached hydrogen (secondary N) is 2. The molecule has 0 saturated heterocycles. The average Bonchev–Trinajstić information content (AvgIpc) is 3.07. The Balaban J connectivity index is 0.00000288. The molecule has 2 N–H and O–H groups in total. The zero-order chi connectivity index (χ0) is 16.5. The van der Waals surface area contributed by atoms with E-state index in [0.717, 1.165) is 24.6 Å². The molecule has 136 valence electrons. The summed E-state index contributed by atoms with van der Waals surface area (Å²) in [6, 6.07) is 3.87. The molecule has 0 aromatic carbocycles. The molecule has 1 aromatic rings. The highest BCUT2D eigenvalue weighted by Gasteiger charge is 2.31. The van der Waals surface area contributed by atoms with E-state index >= 15 is 0 Å². The average molecular weight is 446 g/mol. The van der Waals surface area contributed by atoms with E-state index in [-0.39, 0.29) is 24.0 Å². The number of ether oxygens (including phenoxy) is 1. The number of hydrogen-bond donors (Lipinski definition) is 2. The van der Waals surface area contributed by atoms with Gasteiger partial charge in [-0.1, -0.05) is 25.8 Å². The zero-order valence-electron chi connectivity index (χ0n) is 15.1. The highest BCUT2D eigenvalue weighted by Crippen LogP contribution is 2.40. The van der Waals surface area contributed by atoms with Crippen molar-refractivity contribution in [1.82, 2.24) is 15.6 Å². The Morgan fingerprint density at radius 3 is 2.54 bits per heavy atom. The van der Waals surface area contributed by atoms with E-state index < -0.39 is 0 Å². The van der Waals surface area contributed by atoms with Gasteiger partial charge in [0.1, 0.15) is 0 Å². The molecule has 1 saturated carbocycles. The molecule has 6 heteroatoms. The Bertz CT molecular complexity index is 498. The van der Waals surface area contributed by atoms with Crippen molar-refractivity contribution in [2.45, 2.75) is 52.5 Å². The zero-order valence-corrected chi connectivity index (χ0v) is 17.4. The van der Waals surface area contributed by atoms with Crippen LogP contribution >= 0.6 is 24.0 Å². The summed E-state index contributed by atoms with van der Waals surface area (Å²) in [7, 11) is 1.62. The van der Waals surface area contributed by atoms with Gasteiger partial charge in [0.05, 0.1) is 13.7 Å². The van der Waals surface area contributed by atoms with Crippen LogP contribution < -0.4 is 15.4 Å². The number of pyridine rings is 1. The standard InChI is InChI=1S/C18H30N4O.HI/c1-4-18(10-6-7-11-18)14-22-17(19-5-2)21-13-15-8-9-16(23-3)20-12-15;/h8-9,12H,4-7,10-11,13-14H2,1-3H3,(H2,19,21,22);1H. The van der Waals surface area contributed by atoms with Crippen molar-refractivity contribution in [3.05, 3.63) is 23.9 Å². The predicted octanol–water partition coefficient (Wildman–Crippen LogP) is 3.73. The largest absolute Gasteiger partial charge is 0.481 e. The molecule has 0 unspecified atom stereocenters. The summed E-state index contributed by atoms with van der Waals surface area (Å²) < 4.78 is 5.08. The van der Waals surface area contributed by atoms with Crippen LogP contribution in [0.4, 0.5) is 0 Å². The first-order chi connectivity index (χ1) is 11.2. The van der Waals surface area contributed by atoms with Gasteiger partial charge in [0.15, 0.2) is 5.96 Å². The fourth-order valence-electron chi connectivity index (χ4n) is 3.19. The van der Waals surface area contributed by atoms with Crippen LogP contribution in [0.1, 0.15) is 51.5 Å². The molecule has 1 fully saturated rings. The van der Waals surface area contributed by atoms with E-state index in [1.165, 1.54) is 32.1 Å². The summed E-state index contributed by atoms with van der Waals surface area (Å²) in [5.41, 5.74) is 1.53. The number of nitrogens with zero attached hydrogens (tertiary/aromatic N) is 2. The van der Waals surface area contributed by atoms with Crippen molar-refractivity contribution in [1.29, 1.82) is 0 Å². The minimum Gasteiger partial charge on any atom is -0.481 e. The number of halogens is 1. The van der Waals surface area contributed by atoms with Crippen molar-refractivity contribution in [3.63, 3.8) is 0 Å². The lowest BCUT2D eigenvalue weighted by Crippen LogP contribution is -2.42. The van der Waals surface area contributed by atoms with Crippen LogP contribution in [0.5, 0.6) is 5.88 Å². The molecule has 0 amide bonds. The Hall–Kier alpha value is -1.05. The molecule has 1 heterocycles. The van der Waals surface area contributed by atoms with Crippen LogP contribution in [0.2, 0.25) is 0 Å². The summed E-state index contributed by atoms with van der Waals surface area (Å²) in [6.07, 6.45) is 8.44. The minimum absolute atomic E-state index is 0. The van der Waals surface area contributed by atoms with Gasteiger partial charge in [-0.2, -0.15) is 0 Å². The van der Waals surface area contributed by atoms with Crippen molar-refractivity contribution in [2.75, 3.05) is 20.2 Å². The minimum atomic E-state index is 0. The SMILES string of the molecule is CCNC(=NCc1ccc(OC)nc1)NCC1(CC)CCCC1.I. The van der Waals surface area contributed by atoms with Crippen molar-refractivity contribution >= 4 is 29.9 Å². The number of rotatable bonds is 7. The molecule has 0 radical (unpaired) electrons. The molecule has 0 aliphatic heterocycles. The van der Waals surface area contributed by atoms with E-state index in [1.807, 2.05) is 18.3 Å². The maximum atomic E-state index is 5.08. The maximum Gasteiger partial charge on any atom is 0.212 e. The summed E-state index contributed by atoms with van der Waals surface area (Å²) in [5.74, 6) is 1.52. The van der Waals surface area contributed by atoms with Gasteiger partial charge < -0.3 is 15.4 Å². The van der Waals surface area contributed by atoms with E-state index in [4.69, 9.17) is 4.74 Å². The Labute approximate surface area is 163 Å². The molecule has 5 nitrogen and oxygen atoms in total. The van der Waals surface area contributed by atoms with Gasteiger partial charge in [-0.15, -0.1) is 24.0 Å². The van der Waals surface area contributed by atoms with Gasteiger partial charge in [0.25, 0.3) is 0 Å². The first kappa shape index (κ1) is 21.0. The second-order valence-corrected chi connectivity index (χ2v) is 6.32. The van der Waals surface area contributed by atoms with Crippen LogP contribution in [-0.2, 0) is 6.54 Å². The Morgan fingerprint density at radius 1 is 1.25 bits per heavy atom. The van der Waals surface area contributed by atoms with Crippen LogP contribution in [0, 0.1) is 5.41 Å². The fraction of sp³-hybridized carbons (Fsp3) is 0.667. The van der Waals surface area contributed by atoms with Crippen molar-refractivity contribution in [3.8, 4) is 5.88 Å². The molecule has 0 bridgehead atoms. The molecule has 1 aliphatic rings. The molecular weight excluding hydrogens is 415 g/mol. The highest BCUT2D eigenvalue weighted by molar-refractivity contribution is 14.0. The van der Waals surface area contributed by atoms with Gasteiger partial charge in [0.2, 0.25) is 5.88 Å². The van der Waals surface area contributed by atoms with Gasteiger partial charge in [-0.25, -0.2) is 9.98 Å². The molecule has 0 spiro atoms. The molecule has 1 aliphatic carbocycles. The Morgan fingerprint density at radius 2 is 2.00 bits per heavy atom. The lowest BCUT2D eigenvalue weighted by Gasteiger charge is -2.28. The molecule has 0 atom stereocenters. The number of aliphatic imine (C=N–C) groups is 1. The number of methoxy groups -OCH3 is 1. The third-order valence-electron chi connectivity index (χ3n) is 4.82. The predicted molar refractivity (Wildman–Crippen MR) is 110 cm³/mol. The van der Waals surface area contributed by atoms with Crippen molar-refractivity contribution < 1.29 is 4.74 Å². The number of guanidine groups is 1. The second-order valence-electron chi connectivity index (χ2n) is 6.32. The van der Waals surface area contributed by atoms with E-state index in [9.17, 15) is 0 Å². The smallest absolute Gasteiger partial charge is 0.212 e. The van der Waals surface area contributed by atoms with E-state index in [2.05, 4.69) is 34.5 Å². The van der Waals surface area contributed by atoms with Gasteiger partial charge in [-0.05, 0) is 37.2 Å². The quantitative estimate of drug-likeness (QED) is 0.381. The lowest BCUT2D eigenvalue weighted by molar-refractivity contribution is 0.283. The first-order valence-corrected chi connectivity index (χ1v) is 8.72. The number of aromatic nitrogens is 1. The number of hydrogen-bond acceptors (Lipinski definition) is 3. The van der Waals surface area contributed by atoms with E-state index in [1.54, 1.807) is 7.11 Å². The summed E-state index contributed by atoms with van der Waals surface area (Å²) in [5, 5.41) is 6.88. The van der Waals surface area contributed by atoms with Gasteiger partial charge in [-0.3, -0.25) is 0 Å². The van der Waals surface area contributed by atoms with Crippen molar-refractivity contribution in [2.24, 2.45) is 10.4 Å². The molecule has 24 heavy (non-hydrogen) atoms. The Kier molecular flexibility index (Phi) is 9.39. The van der Waals surface area contributed by atoms with Gasteiger partial charge >= 0.3 is 0 Å². The molecule has 1 aromatic heterocycles. The lowest BCUT2D eigenvalue weighted by atomic mass is 9.83. The van der Waals surface area contributed by atoms with Gasteiger partial charge in [0, 0.05) is 25.4 Å². The normalized spacial score (nSPS) is 16.4. The van der Waals surface area contributed by atoms with Crippen LogP contribution in [-0.4, -0.2) is 31.1 Å². The van der Waals surface area contributed by atoms with Crippen LogP contribution in [0.25, 0.3) is 0 Å². The summed E-state index contributed by atoms with van der Waals surface area (Å²) in [6.45, 7) is 6.89. The van der Waals surface area contributed by atoms with Crippen LogP contribution in [0.3, 0.4) is 0 Å². The molecule has 2 rings (SSSR count). The second kappa shape index (κ2) is 10.7. The third-order valence-corrected chi connectivity index (χ3v) is 4.82. The maximum absolute atomic E-state index is 5.08. The first-order valence-electron chi connectivity index (χ1n) is 8.72. The van der Waals surface area contributed by atoms with E-state index in [0.29, 0.717) is 17.8 Å². The topological polar surface area (TPSA) is 58.5 Å². The summed E-state index contributed by atoms with van der Waals surface area (Å²) in [4.78, 5) is 8.90. The fourth-order valence-corrected chi connectivity index (χ4v) is 3.19. The monoisotopic (exact) mass is 446 g/mol. The van der Waals surface area contributed by atoms with Crippen LogP contribution in [0.15, 0.2) is 23.3 Å². The molecular formula is C18H31IN4O. The highest BCUT2D eigenvalue weighted by atomic mass is 127.